The number of alkyl halides is 1. The van der Waals surface area contributed by atoms with Gasteiger partial charge in [0.25, 0.3) is 0 Å². The number of hydrogen-bond donors (Lipinski definition) is 2. The van der Waals surface area contributed by atoms with Crippen molar-refractivity contribution in [2.75, 3.05) is 10.6 Å². The molecule has 0 bridgehead atoms. The van der Waals surface area contributed by atoms with E-state index in [4.69, 9.17) is 16.3 Å². The van der Waals surface area contributed by atoms with Crippen LogP contribution in [-0.4, -0.2) is 28.5 Å². The van der Waals surface area contributed by atoms with E-state index in [1.807, 2.05) is 0 Å². The zero-order valence-corrected chi connectivity index (χ0v) is 19.0. The molecule has 2 N–H and O–H groups in total. The molecule has 0 saturated heterocycles. The molecular weight excluding hydrogens is 478 g/mol. The normalized spacial score (nSPS) is 17.3. The Balaban J connectivity index is 1.27. The molecule has 10 heteroatoms. The number of anilines is 2. The van der Waals surface area contributed by atoms with Crippen LogP contribution in [0.2, 0.25) is 0 Å². The van der Waals surface area contributed by atoms with Crippen LogP contribution in [0, 0.1) is 17.0 Å². The first-order chi connectivity index (χ1) is 16.8. The fourth-order valence-corrected chi connectivity index (χ4v) is 3.95. The van der Waals surface area contributed by atoms with E-state index >= 15 is 0 Å². The molecule has 1 atom stereocenters. The lowest BCUT2D eigenvalue weighted by molar-refractivity contribution is -0.131. The third-order valence-electron chi connectivity index (χ3n) is 5.89. The molecule has 2 amide bonds. The Kier molecular flexibility index (Phi) is 5.94. The van der Waals surface area contributed by atoms with Crippen LogP contribution >= 0.6 is 11.6 Å². The van der Waals surface area contributed by atoms with Gasteiger partial charge in [0.1, 0.15) is 22.5 Å². The van der Waals surface area contributed by atoms with Gasteiger partial charge in [-0.15, -0.1) is 0 Å². The minimum Gasteiger partial charge on any atom is -0.453 e. The molecule has 1 fully saturated rings. The highest BCUT2D eigenvalue weighted by molar-refractivity contribution is 6.21. The molecule has 0 radical (unpaired) electrons. The number of nitrogens with one attached hydrogen (secondary N) is 2. The molecule has 2 heterocycles. The second kappa shape index (κ2) is 9.07. The predicted octanol–water partition coefficient (Wildman–Crippen LogP) is 5.05. The van der Waals surface area contributed by atoms with Gasteiger partial charge in [-0.1, -0.05) is 11.6 Å². The first-order valence-electron chi connectivity index (χ1n) is 10.8. The number of carbonyl (C=O) groups excluding carboxylic acids is 2. The van der Waals surface area contributed by atoms with Gasteiger partial charge in [0.2, 0.25) is 11.8 Å². The monoisotopic (exact) mass is 496 g/mol. The Hall–Kier alpha value is -3.85. The number of hydrogen-bond acceptors (Lipinski definition) is 5. The van der Waals surface area contributed by atoms with Gasteiger partial charge in [-0.2, -0.15) is 0 Å². The van der Waals surface area contributed by atoms with Crippen molar-refractivity contribution in [3.8, 4) is 11.5 Å². The van der Waals surface area contributed by atoms with Crippen molar-refractivity contribution in [2.24, 2.45) is 10.4 Å². The van der Waals surface area contributed by atoms with Crippen molar-refractivity contribution in [2.45, 2.75) is 24.8 Å². The standard InChI is InChI=1S/C25H19ClF2N4O3/c26-22-12-19-17(13-30-22)20(7-10-29-19)35-21-6-5-16(11-18(21)28)32-24(34)25(8-9-25)23(33)31-15-3-1-14(27)2-4-15/h1-7,10-11,13,22H,8-9,12H2,(H,31,33)(H,32,34). The molecular formula is C25H19ClF2N4O3. The summed E-state index contributed by atoms with van der Waals surface area (Å²) in [4.78, 5) is 33.9. The lowest BCUT2D eigenvalue weighted by Gasteiger charge is -2.17. The van der Waals surface area contributed by atoms with Gasteiger partial charge in [-0.05, 0) is 55.3 Å². The lowest BCUT2D eigenvalue weighted by atomic mass is 10.0. The Labute approximate surface area is 204 Å². The van der Waals surface area contributed by atoms with Crippen molar-refractivity contribution in [3.63, 3.8) is 0 Å². The summed E-state index contributed by atoms with van der Waals surface area (Å²) < 4.78 is 33.6. The molecule has 1 saturated carbocycles. The lowest BCUT2D eigenvalue weighted by Crippen LogP contribution is -2.35. The molecule has 1 aliphatic heterocycles. The maximum absolute atomic E-state index is 14.8. The number of pyridine rings is 1. The first-order valence-corrected chi connectivity index (χ1v) is 11.3. The number of rotatable bonds is 6. The smallest absolute Gasteiger partial charge is 0.240 e. The third kappa shape index (κ3) is 4.72. The van der Waals surface area contributed by atoms with Crippen molar-refractivity contribution in [1.82, 2.24) is 4.98 Å². The van der Waals surface area contributed by atoms with E-state index < -0.39 is 34.4 Å². The number of nitrogens with zero attached hydrogens (tertiary/aromatic N) is 2. The van der Waals surface area contributed by atoms with Crippen molar-refractivity contribution >= 4 is 41.0 Å². The van der Waals surface area contributed by atoms with Crippen LogP contribution in [0.15, 0.2) is 59.7 Å². The Morgan fingerprint density at radius 1 is 0.971 bits per heavy atom. The predicted molar refractivity (Wildman–Crippen MR) is 127 cm³/mol. The summed E-state index contributed by atoms with van der Waals surface area (Å²) in [5.74, 6) is -1.83. The summed E-state index contributed by atoms with van der Waals surface area (Å²) in [5, 5.41) is 5.24. The molecule has 35 heavy (non-hydrogen) atoms. The Bertz CT molecular complexity index is 1340. The number of ether oxygens (including phenoxy) is 1. The van der Waals surface area contributed by atoms with E-state index in [9.17, 15) is 18.4 Å². The van der Waals surface area contributed by atoms with Crippen LogP contribution in [-0.2, 0) is 16.0 Å². The molecule has 3 aromatic rings. The van der Waals surface area contributed by atoms with Gasteiger partial charge in [-0.25, -0.2) is 8.78 Å². The number of carbonyl (C=O) groups is 2. The summed E-state index contributed by atoms with van der Waals surface area (Å²) in [6.45, 7) is 0. The van der Waals surface area contributed by atoms with Crippen LogP contribution in [0.1, 0.15) is 24.1 Å². The second-order valence-corrected chi connectivity index (χ2v) is 8.83. The van der Waals surface area contributed by atoms with Gasteiger partial charge in [0, 0.05) is 36.3 Å². The molecule has 0 spiro atoms. The summed E-state index contributed by atoms with van der Waals surface area (Å²) in [6.07, 6.45) is 4.25. The maximum atomic E-state index is 14.8. The average molecular weight is 497 g/mol. The molecule has 5 rings (SSSR count). The molecule has 1 aromatic heterocycles. The zero-order chi connectivity index (χ0) is 24.6. The van der Waals surface area contributed by atoms with Crippen LogP contribution in [0.25, 0.3) is 0 Å². The highest BCUT2D eigenvalue weighted by Crippen LogP contribution is 2.47. The minimum atomic E-state index is -1.25. The van der Waals surface area contributed by atoms with E-state index in [0.717, 1.165) is 6.07 Å². The van der Waals surface area contributed by atoms with Gasteiger partial charge >= 0.3 is 0 Å². The molecule has 2 aliphatic rings. The van der Waals surface area contributed by atoms with Crippen molar-refractivity contribution in [3.05, 3.63) is 77.6 Å². The zero-order valence-electron chi connectivity index (χ0n) is 18.2. The summed E-state index contributed by atoms with van der Waals surface area (Å²) in [7, 11) is 0. The molecule has 178 valence electrons. The van der Waals surface area contributed by atoms with Gasteiger partial charge in [0.05, 0.1) is 11.3 Å². The van der Waals surface area contributed by atoms with Crippen LogP contribution < -0.4 is 15.4 Å². The quantitative estimate of drug-likeness (QED) is 0.284. The molecule has 1 aliphatic carbocycles. The van der Waals surface area contributed by atoms with Crippen LogP contribution in [0.3, 0.4) is 0 Å². The SMILES string of the molecule is O=C(Nc1ccc(F)cc1)C1(C(=O)Nc2ccc(Oc3ccnc4c3C=NC(Cl)C4)c(F)c2)CC1. The largest absolute Gasteiger partial charge is 0.453 e. The molecule has 1 unspecified atom stereocenters. The highest BCUT2D eigenvalue weighted by atomic mass is 35.5. The first kappa shape index (κ1) is 22.9. The van der Waals surface area contributed by atoms with Crippen molar-refractivity contribution in [1.29, 1.82) is 0 Å². The topological polar surface area (TPSA) is 92.7 Å². The average Bonchev–Trinajstić information content (AvgIpc) is 3.65. The summed E-state index contributed by atoms with van der Waals surface area (Å²) >= 11 is 6.03. The van der Waals surface area contributed by atoms with E-state index in [2.05, 4.69) is 20.6 Å². The van der Waals surface area contributed by atoms with E-state index in [1.54, 1.807) is 18.5 Å². The summed E-state index contributed by atoms with van der Waals surface area (Å²) in [5.41, 5.74) is 0.240. The molecule has 7 nitrogen and oxygen atoms in total. The third-order valence-corrected chi connectivity index (χ3v) is 6.16. The van der Waals surface area contributed by atoms with Gasteiger partial charge in [-0.3, -0.25) is 19.6 Å². The van der Waals surface area contributed by atoms with Crippen molar-refractivity contribution < 1.29 is 23.1 Å². The van der Waals surface area contributed by atoms with E-state index in [0.29, 0.717) is 42.0 Å². The van der Waals surface area contributed by atoms with Gasteiger partial charge in [0.15, 0.2) is 11.6 Å². The maximum Gasteiger partial charge on any atom is 0.240 e. The van der Waals surface area contributed by atoms with E-state index in [-0.39, 0.29) is 11.4 Å². The van der Waals surface area contributed by atoms with E-state index in [1.165, 1.54) is 36.4 Å². The fourth-order valence-electron chi connectivity index (χ4n) is 3.75. The van der Waals surface area contributed by atoms with Crippen LogP contribution in [0.4, 0.5) is 20.2 Å². The van der Waals surface area contributed by atoms with Crippen LogP contribution in [0.5, 0.6) is 11.5 Å². The molecule has 2 aromatic carbocycles. The number of aromatic nitrogens is 1. The number of fused-ring (bicyclic) bond motifs is 1. The number of aliphatic imine (C=N–C) groups is 1. The highest BCUT2D eigenvalue weighted by Gasteiger charge is 2.56. The van der Waals surface area contributed by atoms with Gasteiger partial charge < -0.3 is 15.4 Å². The second-order valence-electron chi connectivity index (χ2n) is 8.33. The fraction of sp³-hybridized carbons (Fsp3) is 0.200. The Morgan fingerprint density at radius 3 is 2.34 bits per heavy atom. The Morgan fingerprint density at radius 2 is 1.66 bits per heavy atom. The summed E-state index contributed by atoms with van der Waals surface area (Å²) in [6, 6.07) is 10.9. The number of halogens is 3. The number of amides is 2. The number of benzene rings is 2. The minimum absolute atomic E-state index is 0.0482.